The van der Waals surface area contributed by atoms with E-state index in [1.165, 1.54) is 0 Å². The summed E-state index contributed by atoms with van der Waals surface area (Å²) < 4.78 is 5.22. The second kappa shape index (κ2) is 5.16. The van der Waals surface area contributed by atoms with Crippen molar-refractivity contribution in [3.05, 3.63) is 65.7 Å². The Morgan fingerprint density at radius 3 is 2.33 bits per heavy atom. The molecule has 1 aliphatic heterocycles. The number of ketones is 2. The van der Waals surface area contributed by atoms with E-state index in [0.29, 0.717) is 34.1 Å². The highest BCUT2D eigenvalue weighted by Crippen LogP contribution is 2.35. The van der Waals surface area contributed by atoms with Crippen molar-refractivity contribution in [1.29, 1.82) is 0 Å². The molecule has 0 aromatic heterocycles. The molecule has 118 valence electrons. The number of carbonyl (C=O) groups excluding carboxylic acids is 2. The van der Waals surface area contributed by atoms with Gasteiger partial charge in [-0.25, -0.2) is 4.99 Å². The van der Waals surface area contributed by atoms with Gasteiger partial charge in [0.05, 0.1) is 12.8 Å². The summed E-state index contributed by atoms with van der Waals surface area (Å²) in [6.07, 6.45) is 0. The Labute approximate surface area is 138 Å². The molecular weight excluding hydrogens is 304 g/mol. The Balaban J connectivity index is 1.81. The first-order valence-corrected chi connectivity index (χ1v) is 7.50. The summed E-state index contributed by atoms with van der Waals surface area (Å²) in [6.45, 7) is 3.98. The van der Waals surface area contributed by atoms with Gasteiger partial charge in [-0.15, -0.1) is 0 Å². The van der Waals surface area contributed by atoms with Crippen LogP contribution in [-0.2, 0) is 0 Å². The molecule has 2 aromatic carbocycles. The third-order valence-corrected chi connectivity index (χ3v) is 4.31. The van der Waals surface area contributed by atoms with Crippen LogP contribution in [0.2, 0.25) is 0 Å². The summed E-state index contributed by atoms with van der Waals surface area (Å²) in [5, 5.41) is 3.02. The highest BCUT2D eigenvalue weighted by Gasteiger charge is 2.42. The van der Waals surface area contributed by atoms with Crippen LogP contribution in [0.4, 0.5) is 5.69 Å². The maximum atomic E-state index is 12.7. The third kappa shape index (κ3) is 1.98. The van der Waals surface area contributed by atoms with Crippen molar-refractivity contribution < 1.29 is 14.3 Å². The molecule has 0 atom stereocenters. The molecule has 1 heterocycles. The first-order chi connectivity index (χ1) is 11.6. The lowest BCUT2D eigenvalue weighted by molar-refractivity contribution is 0.0882. The molecule has 0 radical (unpaired) electrons. The summed E-state index contributed by atoms with van der Waals surface area (Å²) >= 11 is 0. The number of aliphatic imine (C=N–C) groups is 1. The zero-order valence-electron chi connectivity index (χ0n) is 13.0. The quantitative estimate of drug-likeness (QED) is 0.864. The summed E-state index contributed by atoms with van der Waals surface area (Å²) in [5.41, 5.74) is 2.94. The number of methoxy groups -OCH3 is 1. The van der Waals surface area contributed by atoms with Crippen molar-refractivity contribution in [1.82, 2.24) is 5.32 Å². The summed E-state index contributed by atoms with van der Waals surface area (Å²) in [6, 6.07) is 12.3. The van der Waals surface area contributed by atoms with E-state index in [-0.39, 0.29) is 11.6 Å². The number of amidine groups is 1. The fraction of sp³-hybridized carbons (Fsp3) is 0.105. The number of benzene rings is 2. The number of carbonyl (C=O) groups is 2. The minimum absolute atomic E-state index is 0.235. The van der Waals surface area contributed by atoms with Gasteiger partial charge in [0.15, 0.2) is 11.6 Å². The first-order valence-electron chi connectivity index (χ1n) is 7.50. The van der Waals surface area contributed by atoms with Gasteiger partial charge in [0.1, 0.15) is 17.5 Å². The van der Waals surface area contributed by atoms with Crippen LogP contribution in [0.1, 0.15) is 26.3 Å². The molecule has 0 saturated carbocycles. The van der Waals surface area contributed by atoms with E-state index in [1.54, 1.807) is 37.4 Å². The largest absolute Gasteiger partial charge is 0.497 e. The predicted molar refractivity (Wildman–Crippen MR) is 90.9 cm³/mol. The topological polar surface area (TPSA) is 67.8 Å². The van der Waals surface area contributed by atoms with E-state index in [9.17, 15) is 9.59 Å². The number of nitrogens with zero attached hydrogens (tertiary/aromatic N) is 1. The number of ether oxygens (including phenoxy) is 1. The molecule has 2 aliphatic rings. The Kier molecular flexibility index (Phi) is 3.09. The van der Waals surface area contributed by atoms with Gasteiger partial charge >= 0.3 is 0 Å². The van der Waals surface area contributed by atoms with E-state index in [1.807, 2.05) is 12.1 Å². The van der Waals surface area contributed by atoms with Crippen molar-refractivity contribution in [2.45, 2.75) is 0 Å². The van der Waals surface area contributed by atoms with Gasteiger partial charge in [-0.1, -0.05) is 30.8 Å². The van der Waals surface area contributed by atoms with Crippen LogP contribution in [0.5, 0.6) is 5.75 Å². The van der Waals surface area contributed by atoms with Crippen LogP contribution in [0.3, 0.4) is 0 Å². The molecule has 0 spiro atoms. The van der Waals surface area contributed by atoms with Crippen molar-refractivity contribution in [2.75, 3.05) is 7.11 Å². The van der Waals surface area contributed by atoms with E-state index in [0.717, 1.165) is 5.56 Å². The standard InChI is InChI=1S/C19H14N2O3/c1-10-12-8-7-11(24-2)9-15(12)21-19(20-10)16-17(22)13-5-3-4-6-14(13)18(16)23/h3-9,16H,1H2,2H3,(H,20,21). The fourth-order valence-electron chi connectivity index (χ4n) is 3.09. The Hall–Kier alpha value is -3.21. The van der Waals surface area contributed by atoms with Crippen molar-refractivity contribution in [3.8, 4) is 5.75 Å². The van der Waals surface area contributed by atoms with Gasteiger partial charge in [0.25, 0.3) is 0 Å². The zero-order chi connectivity index (χ0) is 16.8. The molecule has 2 aromatic rings. The fourth-order valence-corrected chi connectivity index (χ4v) is 3.09. The average Bonchev–Trinajstić information content (AvgIpc) is 2.85. The Bertz CT molecular complexity index is 908. The maximum absolute atomic E-state index is 12.7. The van der Waals surface area contributed by atoms with E-state index in [4.69, 9.17) is 4.74 Å². The van der Waals surface area contributed by atoms with Gasteiger partial charge < -0.3 is 10.1 Å². The normalized spacial score (nSPS) is 16.4. The second-order valence-corrected chi connectivity index (χ2v) is 5.69. The monoisotopic (exact) mass is 318 g/mol. The summed E-state index contributed by atoms with van der Waals surface area (Å²) in [5.74, 6) is -0.452. The zero-order valence-corrected chi connectivity index (χ0v) is 13.0. The molecule has 0 bridgehead atoms. The predicted octanol–water partition coefficient (Wildman–Crippen LogP) is 2.99. The number of rotatable bonds is 2. The van der Waals surface area contributed by atoms with E-state index < -0.39 is 5.92 Å². The summed E-state index contributed by atoms with van der Waals surface area (Å²) in [4.78, 5) is 29.8. The van der Waals surface area contributed by atoms with Crippen LogP contribution < -0.4 is 10.1 Å². The lowest BCUT2D eigenvalue weighted by atomic mass is 9.99. The number of fused-ring (bicyclic) bond motifs is 2. The van der Waals surface area contributed by atoms with Crippen molar-refractivity contribution in [2.24, 2.45) is 10.9 Å². The Morgan fingerprint density at radius 1 is 1.04 bits per heavy atom. The third-order valence-electron chi connectivity index (χ3n) is 4.31. The molecule has 0 unspecified atom stereocenters. The molecule has 0 amide bonds. The highest BCUT2D eigenvalue weighted by atomic mass is 16.5. The van der Waals surface area contributed by atoms with Crippen LogP contribution >= 0.6 is 0 Å². The van der Waals surface area contributed by atoms with Gasteiger partial charge in [0.2, 0.25) is 0 Å². The molecule has 4 rings (SSSR count). The number of Topliss-reactive ketones (excluding diaryl/α,β-unsaturated/α-hetero) is 2. The Morgan fingerprint density at radius 2 is 1.71 bits per heavy atom. The highest BCUT2D eigenvalue weighted by molar-refractivity contribution is 6.37. The smallest absolute Gasteiger partial charge is 0.182 e. The molecular formula is C19H14N2O3. The van der Waals surface area contributed by atoms with Gasteiger partial charge in [-0.05, 0) is 12.1 Å². The number of hydrogen-bond acceptors (Lipinski definition) is 5. The van der Waals surface area contributed by atoms with Crippen LogP contribution in [0, 0.1) is 5.92 Å². The minimum atomic E-state index is -0.946. The summed E-state index contributed by atoms with van der Waals surface area (Å²) in [7, 11) is 1.57. The lowest BCUT2D eigenvalue weighted by Crippen LogP contribution is -2.37. The number of hydrogen-bond donors (Lipinski definition) is 1. The van der Waals surface area contributed by atoms with Crippen molar-refractivity contribution in [3.63, 3.8) is 0 Å². The lowest BCUT2D eigenvalue weighted by Gasteiger charge is -2.22. The van der Waals surface area contributed by atoms with Gasteiger partial charge in [-0.3, -0.25) is 9.59 Å². The van der Waals surface area contributed by atoms with Crippen LogP contribution in [-0.4, -0.2) is 24.5 Å². The molecule has 5 nitrogen and oxygen atoms in total. The van der Waals surface area contributed by atoms with Crippen LogP contribution in [0.25, 0.3) is 5.70 Å². The van der Waals surface area contributed by atoms with Crippen molar-refractivity contribution >= 4 is 28.8 Å². The molecule has 1 aliphatic carbocycles. The average molecular weight is 318 g/mol. The van der Waals surface area contributed by atoms with Crippen LogP contribution in [0.15, 0.2) is 54.0 Å². The van der Waals surface area contributed by atoms with E-state index >= 15 is 0 Å². The van der Waals surface area contributed by atoms with Gasteiger partial charge in [-0.2, -0.15) is 0 Å². The molecule has 0 saturated heterocycles. The molecule has 1 N–H and O–H groups in total. The number of nitrogens with one attached hydrogen (secondary N) is 1. The SMILES string of the molecule is C=C1NC(C2C(=O)c3ccccc3C2=O)=Nc2cc(OC)ccc21. The van der Waals surface area contributed by atoms with E-state index in [2.05, 4.69) is 16.9 Å². The maximum Gasteiger partial charge on any atom is 0.182 e. The van der Waals surface area contributed by atoms with Gasteiger partial charge in [0, 0.05) is 28.5 Å². The molecule has 0 fully saturated rings. The first kappa shape index (κ1) is 14.4. The second-order valence-electron chi connectivity index (χ2n) is 5.69. The molecule has 24 heavy (non-hydrogen) atoms. The minimum Gasteiger partial charge on any atom is -0.497 e. The molecule has 5 heteroatoms.